The number of nitrogens with one attached hydrogen (secondary N) is 1. The van der Waals surface area contributed by atoms with Gasteiger partial charge in [0.05, 0.1) is 6.04 Å². The van der Waals surface area contributed by atoms with Gasteiger partial charge in [-0.1, -0.05) is 44.2 Å². The number of aliphatic hydroxyl groups excluding tert-OH is 1. The maximum absolute atomic E-state index is 12.7. The summed E-state index contributed by atoms with van der Waals surface area (Å²) in [5.41, 5.74) is 0.896. The molecule has 0 aliphatic rings. The molecule has 2 aromatic rings. The number of rotatable bonds is 8. The fourth-order valence-electron chi connectivity index (χ4n) is 2.87. The number of amides is 1. The normalized spacial score (nSPS) is 12.2. The van der Waals surface area contributed by atoms with Crippen LogP contribution >= 0.6 is 0 Å². The molecule has 1 aromatic heterocycles. The Kier molecular flexibility index (Phi) is 7.16. The number of carbonyl (C=O) groups excluding carboxylic acids is 1. The molecule has 0 bridgehead atoms. The van der Waals surface area contributed by atoms with Crippen LogP contribution in [0.15, 0.2) is 45.6 Å². The Labute approximate surface area is 154 Å². The highest BCUT2D eigenvalue weighted by Crippen LogP contribution is 2.18. The Morgan fingerprint density at radius 2 is 1.88 bits per heavy atom. The standard InChI is InChI=1S/C21H27NO4/c1-14(2)9-10-17-13-15(3)19(21(25)26-17)20(24)22-18(11-12-23)16-7-5-4-6-8-16/h4-8,13-14,18,23H,9-12H2,1-3H3,(H,22,24). The maximum atomic E-state index is 12.7. The first kappa shape index (κ1) is 19.9. The summed E-state index contributed by atoms with van der Waals surface area (Å²) in [5.74, 6) is 0.635. The molecule has 2 N–H and O–H groups in total. The lowest BCUT2D eigenvalue weighted by atomic mass is 10.0. The highest BCUT2D eigenvalue weighted by Gasteiger charge is 2.21. The molecule has 0 saturated carbocycles. The second-order valence-electron chi connectivity index (χ2n) is 6.94. The molecule has 2 rings (SSSR count). The summed E-state index contributed by atoms with van der Waals surface area (Å²) in [6.45, 7) is 5.89. The third-order valence-electron chi connectivity index (χ3n) is 4.32. The molecular weight excluding hydrogens is 330 g/mol. The van der Waals surface area contributed by atoms with Crippen molar-refractivity contribution >= 4 is 5.91 Å². The zero-order chi connectivity index (χ0) is 19.1. The van der Waals surface area contributed by atoms with Crippen LogP contribution in [0.3, 0.4) is 0 Å². The van der Waals surface area contributed by atoms with E-state index in [-0.39, 0.29) is 18.2 Å². The number of aliphatic hydroxyl groups is 1. The van der Waals surface area contributed by atoms with E-state index < -0.39 is 11.5 Å². The van der Waals surface area contributed by atoms with Crippen molar-refractivity contribution < 1.29 is 14.3 Å². The van der Waals surface area contributed by atoms with E-state index in [2.05, 4.69) is 19.2 Å². The van der Waals surface area contributed by atoms with Gasteiger partial charge in [0.15, 0.2) is 0 Å². The highest BCUT2D eigenvalue weighted by atomic mass is 16.4. The van der Waals surface area contributed by atoms with Crippen molar-refractivity contribution in [2.24, 2.45) is 5.92 Å². The molecule has 0 saturated heterocycles. The minimum absolute atomic E-state index is 0.0252. The van der Waals surface area contributed by atoms with Crippen molar-refractivity contribution in [1.29, 1.82) is 0 Å². The molecule has 5 nitrogen and oxygen atoms in total. The molecule has 5 heteroatoms. The van der Waals surface area contributed by atoms with Crippen LogP contribution < -0.4 is 10.9 Å². The van der Waals surface area contributed by atoms with Gasteiger partial charge in [-0.15, -0.1) is 0 Å². The van der Waals surface area contributed by atoms with Gasteiger partial charge in [0.1, 0.15) is 11.3 Å². The average Bonchev–Trinajstić information content (AvgIpc) is 2.60. The van der Waals surface area contributed by atoms with Crippen molar-refractivity contribution in [1.82, 2.24) is 5.32 Å². The van der Waals surface area contributed by atoms with Crippen LogP contribution in [-0.2, 0) is 6.42 Å². The lowest BCUT2D eigenvalue weighted by Crippen LogP contribution is -2.33. The molecule has 0 aliphatic carbocycles. The van der Waals surface area contributed by atoms with Crippen LogP contribution in [-0.4, -0.2) is 17.6 Å². The number of benzene rings is 1. The highest BCUT2D eigenvalue weighted by molar-refractivity contribution is 5.95. The summed E-state index contributed by atoms with van der Waals surface area (Å²) in [6, 6.07) is 10.8. The van der Waals surface area contributed by atoms with E-state index in [0.717, 1.165) is 12.0 Å². The van der Waals surface area contributed by atoms with Crippen LogP contribution in [0.5, 0.6) is 0 Å². The van der Waals surface area contributed by atoms with Gasteiger partial charge in [0, 0.05) is 13.0 Å². The van der Waals surface area contributed by atoms with E-state index in [0.29, 0.717) is 30.1 Å². The molecule has 0 radical (unpaired) electrons. The largest absolute Gasteiger partial charge is 0.427 e. The minimum atomic E-state index is -0.614. The van der Waals surface area contributed by atoms with Crippen LogP contribution in [0, 0.1) is 12.8 Å². The van der Waals surface area contributed by atoms with Gasteiger partial charge in [0.25, 0.3) is 5.91 Å². The van der Waals surface area contributed by atoms with Crippen LogP contribution in [0.4, 0.5) is 0 Å². The Bertz CT molecular complexity index is 780. The second-order valence-corrected chi connectivity index (χ2v) is 6.94. The van der Waals surface area contributed by atoms with E-state index in [9.17, 15) is 14.7 Å². The van der Waals surface area contributed by atoms with Gasteiger partial charge in [-0.05, 0) is 42.9 Å². The summed E-state index contributed by atoms with van der Waals surface area (Å²) in [7, 11) is 0. The first-order valence-electron chi connectivity index (χ1n) is 9.02. The Hall–Kier alpha value is -2.40. The molecule has 1 atom stereocenters. The lowest BCUT2D eigenvalue weighted by Gasteiger charge is -2.18. The predicted octanol–water partition coefficient (Wildman–Crippen LogP) is 3.39. The molecule has 0 aliphatic heterocycles. The molecule has 1 amide bonds. The van der Waals surface area contributed by atoms with E-state index in [1.54, 1.807) is 13.0 Å². The molecular formula is C21H27NO4. The second kappa shape index (κ2) is 9.34. The fourth-order valence-corrected chi connectivity index (χ4v) is 2.87. The maximum Gasteiger partial charge on any atom is 0.349 e. The van der Waals surface area contributed by atoms with Crippen LogP contribution in [0.2, 0.25) is 0 Å². The van der Waals surface area contributed by atoms with Crippen molar-refractivity contribution in [3.63, 3.8) is 0 Å². The van der Waals surface area contributed by atoms with Crippen molar-refractivity contribution in [3.8, 4) is 0 Å². The van der Waals surface area contributed by atoms with E-state index >= 15 is 0 Å². The molecule has 0 fully saturated rings. The third kappa shape index (κ3) is 5.30. The fraction of sp³-hybridized carbons (Fsp3) is 0.429. The summed E-state index contributed by atoms with van der Waals surface area (Å²) in [6.07, 6.45) is 1.96. The van der Waals surface area contributed by atoms with Crippen molar-refractivity contribution in [2.75, 3.05) is 6.61 Å². The molecule has 0 spiro atoms. The smallest absolute Gasteiger partial charge is 0.349 e. The first-order valence-corrected chi connectivity index (χ1v) is 9.02. The molecule has 1 heterocycles. The number of hydrogen-bond acceptors (Lipinski definition) is 4. The summed E-state index contributed by atoms with van der Waals surface area (Å²) >= 11 is 0. The lowest BCUT2D eigenvalue weighted by molar-refractivity contribution is 0.0925. The van der Waals surface area contributed by atoms with Crippen LogP contribution in [0.25, 0.3) is 0 Å². The van der Waals surface area contributed by atoms with E-state index in [1.807, 2.05) is 30.3 Å². The van der Waals surface area contributed by atoms with Crippen LogP contribution in [0.1, 0.15) is 60.0 Å². The SMILES string of the molecule is Cc1cc(CCC(C)C)oc(=O)c1C(=O)NC(CCO)c1ccccc1. The third-order valence-corrected chi connectivity index (χ3v) is 4.32. The molecule has 1 aromatic carbocycles. The predicted molar refractivity (Wildman–Crippen MR) is 101 cm³/mol. The van der Waals surface area contributed by atoms with Gasteiger partial charge in [-0.2, -0.15) is 0 Å². The molecule has 140 valence electrons. The van der Waals surface area contributed by atoms with Gasteiger partial charge >= 0.3 is 5.63 Å². The molecule has 1 unspecified atom stereocenters. The average molecular weight is 357 g/mol. The van der Waals surface area contributed by atoms with Crippen molar-refractivity contribution in [3.05, 3.63) is 69.3 Å². The topological polar surface area (TPSA) is 79.5 Å². The summed E-state index contributed by atoms with van der Waals surface area (Å²) < 4.78 is 5.34. The first-order chi connectivity index (χ1) is 12.4. The zero-order valence-corrected chi connectivity index (χ0v) is 15.6. The number of carbonyl (C=O) groups is 1. The summed E-state index contributed by atoms with van der Waals surface area (Å²) in [5, 5.41) is 12.1. The van der Waals surface area contributed by atoms with Gasteiger partial charge in [0.2, 0.25) is 0 Å². The van der Waals surface area contributed by atoms with Gasteiger partial charge < -0.3 is 14.8 Å². The minimum Gasteiger partial charge on any atom is -0.427 e. The zero-order valence-electron chi connectivity index (χ0n) is 15.6. The molecule has 26 heavy (non-hydrogen) atoms. The van der Waals surface area contributed by atoms with E-state index in [4.69, 9.17) is 4.42 Å². The Balaban J connectivity index is 2.21. The quantitative estimate of drug-likeness (QED) is 0.759. The van der Waals surface area contributed by atoms with Gasteiger partial charge in [-0.25, -0.2) is 4.79 Å². The van der Waals surface area contributed by atoms with Gasteiger partial charge in [-0.3, -0.25) is 4.79 Å². The Morgan fingerprint density at radius 1 is 1.19 bits per heavy atom. The van der Waals surface area contributed by atoms with E-state index in [1.165, 1.54) is 0 Å². The number of hydrogen-bond donors (Lipinski definition) is 2. The number of aryl methyl sites for hydroxylation is 2. The van der Waals surface area contributed by atoms with Crippen molar-refractivity contribution in [2.45, 2.75) is 46.1 Å². The summed E-state index contributed by atoms with van der Waals surface area (Å²) in [4.78, 5) is 25.0. The monoisotopic (exact) mass is 357 g/mol. The Morgan fingerprint density at radius 3 is 2.46 bits per heavy atom.